The Kier molecular flexibility index (Phi) is 9.78. The van der Waals surface area contributed by atoms with E-state index in [1.807, 2.05) is 18.3 Å². The third-order valence-electron chi connectivity index (χ3n) is 7.03. The van der Waals surface area contributed by atoms with Crippen LogP contribution in [-0.2, 0) is 35.0 Å². The molecule has 2 N–H and O–H groups in total. The predicted octanol–water partition coefficient (Wildman–Crippen LogP) is 2.41. The molecule has 3 amide bonds. The first-order valence-electron chi connectivity index (χ1n) is 13.4. The largest absolute Gasteiger partial charge is 0.461 e. The highest BCUT2D eigenvalue weighted by Crippen LogP contribution is 2.28. The molecule has 0 aliphatic carbocycles. The number of aromatic amines is 1. The topological polar surface area (TPSA) is 143 Å². The summed E-state index contributed by atoms with van der Waals surface area (Å²) in [6, 6.07) is 1.53. The van der Waals surface area contributed by atoms with E-state index >= 15 is 0 Å². The van der Waals surface area contributed by atoms with Crippen LogP contribution in [0.5, 0.6) is 0 Å². The summed E-state index contributed by atoms with van der Waals surface area (Å²) in [6.07, 6.45) is 2.68. The van der Waals surface area contributed by atoms with Gasteiger partial charge in [0.2, 0.25) is 11.8 Å². The van der Waals surface area contributed by atoms with Crippen LogP contribution in [0.2, 0.25) is 0 Å². The number of likely N-dealkylation sites (N-methyl/N-ethyl adjacent to an activating group) is 1. The SMILES string of the molecule is CO[C@H](C)[C@H](NC(=O)[C@H](C)N(C)C(=O)OC(C)(C)C)C(=O)N1CC(OC(C)=O)C[C@H]1Cc1c[nH]c2ncccc12. The summed E-state index contributed by atoms with van der Waals surface area (Å²) in [5.41, 5.74) is 0.989. The lowest BCUT2D eigenvalue weighted by molar-refractivity contribution is -0.147. The number of hydrogen-bond donors (Lipinski definition) is 2. The second-order valence-corrected chi connectivity index (χ2v) is 11.2. The first-order chi connectivity index (χ1) is 18.7. The monoisotopic (exact) mass is 559 g/mol. The van der Waals surface area contributed by atoms with Crippen molar-refractivity contribution < 1.29 is 33.4 Å². The van der Waals surface area contributed by atoms with E-state index in [0.29, 0.717) is 12.8 Å². The Balaban J connectivity index is 1.82. The average molecular weight is 560 g/mol. The molecule has 2 aromatic heterocycles. The summed E-state index contributed by atoms with van der Waals surface area (Å²) in [5, 5.41) is 3.72. The zero-order valence-corrected chi connectivity index (χ0v) is 24.5. The molecule has 0 radical (unpaired) electrons. The van der Waals surface area contributed by atoms with Gasteiger partial charge in [0.15, 0.2) is 0 Å². The lowest BCUT2D eigenvalue weighted by Gasteiger charge is -2.33. The van der Waals surface area contributed by atoms with Crippen LogP contribution >= 0.6 is 0 Å². The van der Waals surface area contributed by atoms with Gasteiger partial charge in [0, 0.05) is 51.3 Å². The minimum Gasteiger partial charge on any atom is -0.461 e. The first-order valence-corrected chi connectivity index (χ1v) is 13.4. The zero-order valence-electron chi connectivity index (χ0n) is 24.5. The zero-order chi connectivity index (χ0) is 29.8. The molecule has 1 fully saturated rings. The maximum absolute atomic E-state index is 14.0. The van der Waals surface area contributed by atoms with Gasteiger partial charge in [0.25, 0.3) is 0 Å². The molecule has 0 spiro atoms. The van der Waals surface area contributed by atoms with E-state index in [1.165, 1.54) is 26.0 Å². The fourth-order valence-electron chi connectivity index (χ4n) is 4.73. The Morgan fingerprint density at radius 3 is 2.58 bits per heavy atom. The summed E-state index contributed by atoms with van der Waals surface area (Å²) in [6.45, 7) is 9.97. The summed E-state index contributed by atoms with van der Waals surface area (Å²) in [4.78, 5) is 61.8. The molecule has 1 saturated heterocycles. The van der Waals surface area contributed by atoms with Crippen LogP contribution in [0.3, 0.4) is 0 Å². The van der Waals surface area contributed by atoms with Crippen molar-refractivity contribution in [3.8, 4) is 0 Å². The molecule has 3 heterocycles. The van der Waals surface area contributed by atoms with E-state index in [9.17, 15) is 19.2 Å². The number of amides is 3. The van der Waals surface area contributed by atoms with Crippen molar-refractivity contribution in [3.63, 3.8) is 0 Å². The number of H-pyrrole nitrogens is 1. The number of pyridine rings is 1. The van der Waals surface area contributed by atoms with Crippen LogP contribution in [0.1, 0.15) is 53.5 Å². The quantitative estimate of drug-likeness (QED) is 0.446. The third-order valence-corrected chi connectivity index (χ3v) is 7.03. The van der Waals surface area contributed by atoms with E-state index in [4.69, 9.17) is 14.2 Å². The average Bonchev–Trinajstić information content (AvgIpc) is 3.47. The number of methoxy groups -OCH3 is 1. The standard InChI is InChI=1S/C28H41N5O7/c1-16(32(7)27(37)40-28(4,5)6)25(35)31-23(17(2)38-8)26(36)33-15-21(39-18(3)34)13-20(33)12-19-14-30-24-22(19)10-9-11-29-24/h9-11,14,16-17,20-21,23H,12-13,15H2,1-8H3,(H,29,30)(H,31,35)/t16-,17+,20+,21?,23-/m0/s1. The fraction of sp³-hybridized carbons (Fsp3) is 0.607. The number of likely N-dealkylation sites (tertiary alicyclic amines) is 1. The van der Waals surface area contributed by atoms with Gasteiger partial charge < -0.3 is 29.4 Å². The van der Waals surface area contributed by atoms with Crippen LogP contribution in [0.25, 0.3) is 11.0 Å². The summed E-state index contributed by atoms with van der Waals surface area (Å²) < 4.78 is 16.3. The smallest absolute Gasteiger partial charge is 0.410 e. The highest BCUT2D eigenvalue weighted by Gasteiger charge is 2.42. The van der Waals surface area contributed by atoms with Crippen LogP contribution in [0.15, 0.2) is 24.5 Å². The van der Waals surface area contributed by atoms with Gasteiger partial charge in [0.05, 0.1) is 12.6 Å². The molecule has 0 bridgehead atoms. The van der Waals surface area contributed by atoms with Crippen LogP contribution in [0.4, 0.5) is 4.79 Å². The second-order valence-electron chi connectivity index (χ2n) is 11.2. The van der Waals surface area contributed by atoms with Crippen LogP contribution < -0.4 is 5.32 Å². The van der Waals surface area contributed by atoms with E-state index in [-0.39, 0.29) is 18.5 Å². The fourth-order valence-corrected chi connectivity index (χ4v) is 4.73. The molecular formula is C28H41N5O7. The van der Waals surface area contributed by atoms with E-state index in [1.54, 1.807) is 45.7 Å². The number of nitrogens with zero attached hydrogens (tertiary/aromatic N) is 3. The molecule has 1 aliphatic heterocycles. The van der Waals surface area contributed by atoms with E-state index in [2.05, 4.69) is 15.3 Å². The van der Waals surface area contributed by atoms with Crippen molar-refractivity contribution >= 4 is 34.9 Å². The van der Waals surface area contributed by atoms with Crippen LogP contribution in [0, 0.1) is 0 Å². The number of ether oxygens (including phenoxy) is 3. The van der Waals surface area contributed by atoms with Gasteiger partial charge in [-0.3, -0.25) is 19.3 Å². The number of fused-ring (bicyclic) bond motifs is 1. The van der Waals surface area contributed by atoms with Crippen LogP contribution in [-0.4, -0.2) is 100 Å². The van der Waals surface area contributed by atoms with Crippen molar-refractivity contribution in [1.82, 2.24) is 25.1 Å². The van der Waals surface area contributed by atoms with Crippen molar-refractivity contribution in [2.24, 2.45) is 0 Å². The Morgan fingerprint density at radius 2 is 1.95 bits per heavy atom. The van der Waals surface area contributed by atoms with E-state index in [0.717, 1.165) is 16.6 Å². The minimum absolute atomic E-state index is 0.180. The van der Waals surface area contributed by atoms with Gasteiger partial charge in [-0.25, -0.2) is 9.78 Å². The van der Waals surface area contributed by atoms with Crippen molar-refractivity contribution in [3.05, 3.63) is 30.1 Å². The molecule has 1 unspecified atom stereocenters. The predicted molar refractivity (Wildman–Crippen MR) is 147 cm³/mol. The van der Waals surface area contributed by atoms with Gasteiger partial charge in [0.1, 0.15) is 29.4 Å². The molecular weight excluding hydrogens is 518 g/mol. The summed E-state index contributed by atoms with van der Waals surface area (Å²) in [5.74, 6) is -1.33. The number of aromatic nitrogens is 2. The highest BCUT2D eigenvalue weighted by atomic mass is 16.6. The molecule has 0 aromatic carbocycles. The molecule has 12 heteroatoms. The summed E-state index contributed by atoms with van der Waals surface area (Å²) in [7, 11) is 2.92. The van der Waals surface area contributed by atoms with Gasteiger partial charge in [-0.2, -0.15) is 0 Å². The van der Waals surface area contributed by atoms with Crippen molar-refractivity contribution in [2.75, 3.05) is 20.7 Å². The molecule has 12 nitrogen and oxygen atoms in total. The maximum Gasteiger partial charge on any atom is 0.410 e. The van der Waals surface area contributed by atoms with Gasteiger partial charge in [-0.05, 0) is 58.7 Å². The highest BCUT2D eigenvalue weighted by molar-refractivity contribution is 5.92. The Labute approximate surface area is 234 Å². The second kappa shape index (κ2) is 12.7. The number of rotatable bonds is 9. The summed E-state index contributed by atoms with van der Waals surface area (Å²) >= 11 is 0. The van der Waals surface area contributed by atoms with Crippen molar-refractivity contribution in [2.45, 2.75) is 90.3 Å². The molecule has 3 rings (SSSR count). The maximum atomic E-state index is 14.0. The van der Waals surface area contributed by atoms with Gasteiger partial charge in [-0.15, -0.1) is 0 Å². The Hall–Kier alpha value is -3.67. The molecule has 220 valence electrons. The van der Waals surface area contributed by atoms with E-state index < -0.39 is 47.9 Å². The normalized spacial score (nSPS) is 19.6. The first kappa shape index (κ1) is 30.9. The van der Waals surface area contributed by atoms with Gasteiger partial charge >= 0.3 is 12.1 Å². The molecule has 5 atom stereocenters. The minimum atomic E-state index is -1.05. The Morgan fingerprint density at radius 1 is 1.25 bits per heavy atom. The lowest BCUT2D eigenvalue weighted by Crippen LogP contribution is -2.58. The number of nitrogens with one attached hydrogen (secondary N) is 2. The van der Waals surface area contributed by atoms with Crippen molar-refractivity contribution in [1.29, 1.82) is 0 Å². The molecule has 0 saturated carbocycles. The number of esters is 1. The Bertz CT molecular complexity index is 1220. The third kappa shape index (κ3) is 7.50. The number of hydrogen-bond acceptors (Lipinski definition) is 8. The molecule has 2 aromatic rings. The molecule has 40 heavy (non-hydrogen) atoms. The lowest BCUT2D eigenvalue weighted by atomic mass is 10.0. The number of carbonyl (C=O) groups is 4. The van der Waals surface area contributed by atoms with Gasteiger partial charge in [-0.1, -0.05) is 0 Å². The number of carbonyl (C=O) groups excluding carboxylic acids is 4. The molecule has 1 aliphatic rings.